The number of benzene rings is 1. The highest BCUT2D eigenvalue weighted by Gasteiger charge is 2.13. The highest BCUT2D eigenvalue weighted by molar-refractivity contribution is 8.00. The van der Waals surface area contributed by atoms with E-state index in [4.69, 9.17) is 4.74 Å². The van der Waals surface area contributed by atoms with Crippen LogP contribution >= 0.6 is 23.5 Å². The van der Waals surface area contributed by atoms with E-state index in [2.05, 4.69) is 43.4 Å². The van der Waals surface area contributed by atoms with Crippen LogP contribution in [0, 0.1) is 0 Å². The molecule has 0 unspecified atom stereocenters. The van der Waals surface area contributed by atoms with Gasteiger partial charge in [-0.05, 0) is 30.5 Å². The van der Waals surface area contributed by atoms with Gasteiger partial charge in [0, 0.05) is 40.9 Å². The van der Waals surface area contributed by atoms with Crippen molar-refractivity contribution in [1.29, 1.82) is 0 Å². The quantitative estimate of drug-likeness (QED) is 0.570. The molecule has 0 radical (unpaired) electrons. The van der Waals surface area contributed by atoms with Crippen LogP contribution in [-0.2, 0) is 16.0 Å². The van der Waals surface area contributed by atoms with E-state index in [1.807, 2.05) is 23.5 Å². The van der Waals surface area contributed by atoms with Crippen LogP contribution in [0.5, 0.6) is 0 Å². The van der Waals surface area contributed by atoms with E-state index in [9.17, 15) is 4.79 Å². The number of amides is 1. The Balaban J connectivity index is 1.62. The van der Waals surface area contributed by atoms with Crippen molar-refractivity contribution in [3.8, 4) is 0 Å². The number of hydrogen-bond donors (Lipinski definition) is 1. The highest BCUT2D eigenvalue weighted by atomic mass is 32.2. The fraction of sp³-hybridized carbons (Fsp3) is 0.611. The average molecular weight is 354 g/mol. The maximum Gasteiger partial charge on any atom is 0.224 e. The van der Waals surface area contributed by atoms with E-state index in [0.29, 0.717) is 16.9 Å². The van der Waals surface area contributed by atoms with Gasteiger partial charge in [0.05, 0.1) is 6.42 Å². The lowest BCUT2D eigenvalue weighted by Gasteiger charge is -2.21. The number of hydrogen-bond acceptors (Lipinski definition) is 4. The Kier molecular flexibility index (Phi) is 8.34. The Morgan fingerprint density at radius 1 is 1.26 bits per heavy atom. The summed E-state index contributed by atoms with van der Waals surface area (Å²) in [7, 11) is 0. The van der Waals surface area contributed by atoms with Crippen LogP contribution in [0.25, 0.3) is 0 Å². The van der Waals surface area contributed by atoms with E-state index in [0.717, 1.165) is 43.9 Å². The molecule has 1 aliphatic heterocycles. The standard InChI is InChI=1S/C18H27NO2S2/c1-14(2)23-17-5-3-15(4-6-17)13-18(20)19-9-12-22-16-7-10-21-11-8-16/h3-6,14,16H,7-13H2,1-2H3,(H,19,20). The lowest BCUT2D eigenvalue weighted by atomic mass is 10.1. The molecule has 2 rings (SSSR count). The molecule has 1 heterocycles. The Bertz CT molecular complexity index is 470. The summed E-state index contributed by atoms with van der Waals surface area (Å²) in [5.41, 5.74) is 1.08. The van der Waals surface area contributed by atoms with Crippen molar-refractivity contribution in [1.82, 2.24) is 5.32 Å². The summed E-state index contributed by atoms with van der Waals surface area (Å²) in [6, 6.07) is 8.32. The van der Waals surface area contributed by atoms with Crippen molar-refractivity contribution in [3.63, 3.8) is 0 Å². The van der Waals surface area contributed by atoms with E-state index >= 15 is 0 Å². The molecule has 23 heavy (non-hydrogen) atoms. The van der Waals surface area contributed by atoms with Crippen molar-refractivity contribution in [2.24, 2.45) is 0 Å². The molecule has 3 nitrogen and oxygen atoms in total. The lowest BCUT2D eigenvalue weighted by molar-refractivity contribution is -0.120. The maximum atomic E-state index is 12.0. The monoisotopic (exact) mass is 353 g/mol. The maximum absolute atomic E-state index is 12.0. The molecule has 1 N–H and O–H groups in total. The second-order valence-corrected chi connectivity index (χ2v) is 9.08. The molecule has 1 amide bonds. The first-order valence-electron chi connectivity index (χ1n) is 8.35. The highest BCUT2D eigenvalue weighted by Crippen LogP contribution is 2.23. The van der Waals surface area contributed by atoms with Gasteiger partial charge < -0.3 is 10.1 Å². The lowest BCUT2D eigenvalue weighted by Crippen LogP contribution is -2.28. The van der Waals surface area contributed by atoms with E-state index < -0.39 is 0 Å². The molecule has 0 bridgehead atoms. The van der Waals surface area contributed by atoms with Gasteiger partial charge in [0.25, 0.3) is 0 Å². The molecule has 0 spiro atoms. The summed E-state index contributed by atoms with van der Waals surface area (Å²) < 4.78 is 5.36. The van der Waals surface area contributed by atoms with Crippen LogP contribution in [-0.4, -0.2) is 41.9 Å². The number of rotatable bonds is 8. The molecule has 1 fully saturated rings. The van der Waals surface area contributed by atoms with E-state index in [-0.39, 0.29) is 5.91 Å². The van der Waals surface area contributed by atoms with E-state index in [1.54, 1.807) is 0 Å². The van der Waals surface area contributed by atoms with Gasteiger partial charge in [-0.1, -0.05) is 26.0 Å². The van der Waals surface area contributed by atoms with Gasteiger partial charge in [0.15, 0.2) is 0 Å². The van der Waals surface area contributed by atoms with Gasteiger partial charge in [-0.3, -0.25) is 4.79 Å². The zero-order valence-corrected chi connectivity index (χ0v) is 15.7. The van der Waals surface area contributed by atoms with Crippen molar-refractivity contribution in [3.05, 3.63) is 29.8 Å². The summed E-state index contributed by atoms with van der Waals surface area (Å²) in [5, 5.41) is 4.30. The molecule has 5 heteroatoms. The van der Waals surface area contributed by atoms with Crippen molar-refractivity contribution >= 4 is 29.4 Å². The molecular weight excluding hydrogens is 326 g/mol. The predicted molar refractivity (Wildman–Crippen MR) is 100 cm³/mol. The predicted octanol–water partition coefficient (Wildman–Crippen LogP) is 3.76. The Labute approximate surface area is 148 Å². The van der Waals surface area contributed by atoms with Gasteiger partial charge >= 0.3 is 0 Å². The third-order valence-electron chi connectivity index (χ3n) is 3.61. The number of ether oxygens (including phenoxy) is 1. The number of carbonyl (C=O) groups excluding carboxylic acids is 1. The molecular formula is C18H27NO2S2. The number of carbonyl (C=O) groups is 1. The minimum atomic E-state index is 0.113. The zero-order valence-electron chi connectivity index (χ0n) is 14.0. The minimum absolute atomic E-state index is 0.113. The molecule has 1 aromatic rings. The van der Waals surface area contributed by atoms with Gasteiger partial charge in [0.1, 0.15) is 0 Å². The third kappa shape index (κ3) is 7.64. The molecule has 0 saturated carbocycles. The number of nitrogens with one attached hydrogen (secondary N) is 1. The van der Waals surface area contributed by atoms with Gasteiger partial charge in [0.2, 0.25) is 5.91 Å². The fourth-order valence-corrected chi connectivity index (χ4v) is 4.38. The third-order valence-corrected chi connectivity index (χ3v) is 6.00. The van der Waals surface area contributed by atoms with Crippen LogP contribution in [0.3, 0.4) is 0 Å². The van der Waals surface area contributed by atoms with Crippen LogP contribution in [0.1, 0.15) is 32.3 Å². The van der Waals surface area contributed by atoms with Gasteiger partial charge in [-0.2, -0.15) is 11.8 Å². The Morgan fingerprint density at radius 3 is 2.61 bits per heavy atom. The first-order valence-corrected chi connectivity index (χ1v) is 10.3. The molecule has 1 saturated heterocycles. The van der Waals surface area contributed by atoms with Crippen molar-refractivity contribution in [2.45, 2.75) is 48.5 Å². The van der Waals surface area contributed by atoms with Crippen LogP contribution in [0.15, 0.2) is 29.2 Å². The van der Waals surface area contributed by atoms with Crippen LogP contribution in [0.4, 0.5) is 0 Å². The molecule has 1 aromatic carbocycles. The topological polar surface area (TPSA) is 38.3 Å². The summed E-state index contributed by atoms with van der Waals surface area (Å²) in [6.45, 7) is 6.89. The molecule has 0 aromatic heterocycles. The number of thioether (sulfide) groups is 2. The largest absolute Gasteiger partial charge is 0.381 e. The first kappa shape index (κ1) is 18.7. The summed E-state index contributed by atoms with van der Waals surface area (Å²) >= 11 is 3.80. The summed E-state index contributed by atoms with van der Waals surface area (Å²) in [4.78, 5) is 13.2. The first-order chi connectivity index (χ1) is 11.1. The Hall–Kier alpha value is -0.650. The van der Waals surface area contributed by atoms with Crippen molar-refractivity contribution < 1.29 is 9.53 Å². The van der Waals surface area contributed by atoms with Gasteiger partial charge in [-0.15, -0.1) is 11.8 Å². The second-order valence-electron chi connectivity index (χ2n) is 6.02. The zero-order chi connectivity index (χ0) is 16.5. The van der Waals surface area contributed by atoms with Gasteiger partial charge in [-0.25, -0.2) is 0 Å². The van der Waals surface area contributed by atoms with Crippen LogP contribution in [0.2, 0.25) is 0 Å². The van der Waals surface area contributed by atoms with Crippen molar-refractivity contribution in [2.75, 3.05) is 25.5 Å². The molecule has 0 atom stereocenters. The fourth-order valence-electron chi connectivity index (χ4n) is 2.46. The molecule has 0 aliphatic carbocycles. The van der Waals surface area contributed by atoms with Crippen LogP contribution < -0.4 is 5.32 Å². The summed E-state index contributed by atoms with van der Waals surface area (Å²) in [6.07, 6.45) is 2.74. The second kappa shape index (κ2) is 10.3. The van der Waals surface area contributed by atoms with E-state index in [1.165, 1.54) is 4.90 Å². The normalized spacial score (nSPS) is 15.8. The SMILES string of the molecule is CC(C)Sc1ccc(CC(=O)NCCSC2CCOCC2)cc1. The summed E-state index contributed by atoms with van der Waals surface area (Å²) in [5.74, 6) is 1.10. The molecule has 1 aliphatic rings. The Morgan fingerprint density at radius 2 is 1.96 bits per heavy atom. The average Bonchev–Trinajstić information content (AvgIpc) is 2.54. The minimum Gasteiger partial charge on any atom is -0.381 e. The molecule has 128 valence electrons. The smallest absolute Gasteiger partial charge is 0.224 e.